The van der Waals surface area contributed by atoms with Crippen LogP contribution < -0.4 is 16.0 Å². The Labute approximate surface area is 139 Å². The summed E-state index contributed by atoms with van der Waals surface area (Å²) >= 11 is 11.8. The molecule has 5 nitrogen and oxygen atoms in total. The first-order valence-corrected chi connectivity index (χ1v) is 8.03. The maximum Gasteiger partial charge on any atom is 0.282 e. The average Bonchev–Trinajstić information content (AvgIpc) is 2.45. The van der Waals surface area contributed by atoms with E-state index in [4.69, 9.17) is 28.9 Å². The zero-order chi connectivity index (χ0) is 16.3. The maximum atomic E-state index is 12.3. The SMILES string of the molecule is C[C@@H](C(=O)Nc1cc(Cl)cc(Cl)c1)[NH+]1CCC(C(N)=O)CC1. The second kappa shape index (κ2) is 7.31. The van der Waals surface area contributed by atoms with Crippen molar-refractivity contribution in [3.8, 4) is 0 Å². The maximum absolute atomic E-state index is 12.3. The lowest BCUT2D eigenvalue weighted by Crippen LogP contribution is -3.17. The van der Waals surface area contributed by atoms with E-state index in [1.165, 1.54) is 0 Å². The summed E-state index contributed by atoms with van der Waals surface area (Å²) in [4.78, 5) is 24.7. The molecule has 0 saturated carbocycles. The van der Waals surface area contributed by atoms with Crippen LogP contribution in [0.1, 0.15) is 19.8 Å². The van der Waals surface area contributed by atoms with Crippen LogP contribution in [0.4, 0.5) is 5.69 Å². The van der Waals surface area contributed by atoms with Gasteiger partial charge in [0.25, 0.3) is 5.91 Å². The van der Waals surface area contributed by atoms with Crippen molar-refractivity contribution in [1.82, 2.24) is 0 Å². The molecule has 1 saturated heterocycles. The van der Waals surface area contributed by atoms with Crippen LogP contribution in [0, 0.1) is 5.92 Å². The van der Waals surface area contributed by atoms with Crippen molar-refractivity contribution < 1.29 is 14.5 Å². The van der Waals surface area contributed by atoms with Crippen LogP contribution in [-0.2, 0) is 9.59 Å². The lowest BCUT2D eigenvalue weighted by Gasteiger charge is -2.31. The molecule has 1 atom stereocenters. The van der Waals surface area contributed by atoms with E-state index in [2.05, 4.69) is 5.32 Å². The molecular weight excluding hydrogens is 325 g/mol. The van der Waals surface area contributed by atoms with Gasteiger partial charge < -0.3 is 16.0 Å². The summed E-state index contributed by atoms with van der Waals surface area (Å²) < 4.78 is 0. The molecule has 0 unspecified atom stereocenters. The number of piperidine rings is 1. The molecule has 1 aliphatic rings. The molecule has 0 radical (unpaired) electrons. The summed E-state index contributed by atoms with van der Waals surface area (Å²) in [5.74, 6) is -0.402. The van der Waals surface area contributed by atoms with Gasteiger partial charge in [-0.05, 0) is 25.1 Å². The predicted molar refractivity (Wildman–Crippen MR) is 87.2 cm³/mol. The van der Waals surface area contributed by atoms with Crippen molar-refractivity contribution in [3.63, 3.8) is 0 Å². The number of nitrogens with one attached hydrogen (secondary N) is 2. The Hall–Kier alpha value is -1.30. The van der Waals surface area contributed by atoms with E-state index in [1.54, 1.807) is 18.2 Å². The monoisotopic (exact) mass is 344 g/mol. The number of hydrogen-bond donors (Lipinski definition) is 3. The third-order valence-electron chi connectivity index (χ3n) is 4.17. The van der Waals surface area contributed by atoms with Gasteiger partial charge in [-0.25, -0.2) is 0 Å². The normalized spacial score (nSPS) is 22.9. The highest BCUT2D eigenvalue weighted by atomic mass is 35.5. The number of carbonyl (C=O) groups is 2. The van der Waals surface area contributed by atoms with Crippen LogP contribution in [0.2, 0.25) is 10.0 Å². The molecule has 1 aromatic carbocycles. The highest BCUT2D eigenvalue weighted by Gasteiger charge is 2.32. The van der Waals surface area contributed by atoms with Gasteiger partial charge >= 0.3 is 0 Å². The van der Waals surface area contributed by atoms with Crippen LogP contribution in [0.15, 0.2) is 18.2 Å². The molecule has 1 aliphatic heterocycles. The summed E-state index contributed by atoms with van der Waals surface area (Å²) in [6.45, 7) is 3.40. The number of quaternary nitrogens is 1. The van der Waals surface area contributed by atoms with Gasteiger partial charge in [0.1, 0.15) is 0 Å². The summed E-state index contributed by atoms with van der Waals surface area (Å²) in [7, 11) is 0. The third kappa shape index (κ3) is 4.35. The van der Waals surface area contributed by atoms with E-state index in [0.717, 1.165) is 30.8 Å². The molecule has 7 heteroatoms. The van der Waals surface area contributed by atoms with E-state index in [0.29, 0.717) is 15.7 Å². The lowest BCUT2D eigenvalue weighted by molar-refractivity contribution is -0.919. The second-order valence-corrected chi connectivity index (χ2v) is 6.58. The van der Waals surface area contributed by atoms with E-state index in [9.17, 15) is 9.59 Å². The zero-order valence-electron chi connectivity index (χ0n) is 12.4. The first kappa shape index (κ1) is 17.1. The van der Waals surface area contributed by atoms with Gasteiger partial charge in [-0.1, -0.05) is 23.2 Å². The van der Waals surface area contributed by atoms with Crippen LogP contribution in [0.3, 0.4) is 0 Å². The Morgan fingerprint density at radius 1 is 1.23 bits per heavy atom. The van der Waals surface area contributed by atoms with Crippen LogP contribution in [0.5, 0.6) is 0 Å². The summed E-state index contributed by atoms with van der Waals surface area (Å²) in [6.07, 6.45) is 1.45. The number of anilines is 1. The lowest BCUT2D eigenvalue weighted by atomic mass is 9.95. The van der Waals surface area contributed by atoms with Crippen LogP contribution in [-0.4, -0.2) is 30.9 Å². The molecule has 1 fully saturated rings. The largest absolute Gasteiger partial charge is 0.369 e. The number of rotatable bonds is 4. The average molecular weight is 345 g/mol. The Morgan fingerprint density at radius 3 is 2.27 bits per heavy atom. The second-order valence-electron chi connectivity index (χ2n) is 5.70. The molecule has 22 heavy (non-hydrogen) atoms. The van der Waals surface area contributed by atoms with E-state index >= 15 is 0 Å². The topological polar surface area (TPSA) is 76.6 Å². The smallest absolute Gasteiger partial charge is 0.282 e. The molecular formula is C15H20Cl2N3O2+. The number of amides is 2. The summed E-state index contributed by atoms with van der Waals surface area (Å²) in [5, 5.41) is 3.79. The van der Waals surface area contributed by atoms with Gasteiger partial charge in [-0.3, -0.25) is 9.59 Å². The van der Waals surface area contributed by atoms with Gasteiger partial charge in [0.15, 0.2) is 6.04 Å². The quantitative estimate of drug-likeness (QED) is 0.764. The van der Waals surface area contributed by atoms with Gasteiger partial charge in [-0.15, -0.1) is 0 Å². The van der Waals surface area contributed by atoms with E-state index < -0.39 is 0 Å². The molecule has 0 aromatic heterocycles. The molecule has 1 aromatic rings. The van der Waals surface area contributed by atoms with Crippen LogP contribution >= 0.6 is 23.2 Å². The number of likely N-dealkylation sites (tertiary alicyclic amines) is 1. The fraction of sp³-hybridized carbons (Fsp3) is 0.467. The third-order valence-corrected chi connectivity index (χ3v) is 4.60. The van der Waals surface area contributed by atoms with E-state index in [-0.39, 0.29) is 23.8 Å². The highest BCUT2D eigenvalue weighted by Crippen LogP contribution is 2.22. The number of carbonyl (C=O) groups excluding carboxylic acids is 2. The Bertz CT molecular complexity index is 552. The fourth-order valence-electron chi connectivity index (χ4n) is 2.77. The fourth-order valence-corrected chi connectivity index (χ4v) is 3.29. The minimum Gasteiger partial charge on any atom is -0.369 e. The summed E-state index contributed by atoms with van der Waals surface area (Å²) in [6, 6.07) is 4.72. The van der Waals surface area contributed by atoms with Crippen molar-refractivity contribution >= 4 is 40.7 Å². The predicted octanol–water partition coefficient (Wildman–Crippen LogP) is 1.10. The van der Waals surface area contributed by atoms with Gasteiger partial charge in [0.2, 0.25) is 5.91 Å². The Balaban J connectivity index is 1.94. The molecule has 4 N–H and O–H groups in total. The Morgan fingerprint density at radius 2 is 1.77 bits per heavy atom. The molecule has 0 spiro atoms. The Kier molecular flexibility index (Phi) is 5.67. The first-order valence-electron chi connectivity index (χ1n) is 7.27. The van der Waals surface area contributed by atoms with Crippen molar-refractivity contribution in [3.05, 3.63) is 28.2 Å². The van der Waals surface area contributed by atoms with Crippen molar-refractivity contribution in [2.45, 2.75) is 25.8 Å². The van der Waals surface area contributed by atoms with Crippen molar-refractivity contribution in [2.75, 3.05) is 18.4 Å². The summed E-state index contributed by atoms with van der Waals surface area (Å²) in [5.41, 5.74) is 5.91. The molecule has 0 aliphatic carbocycles. The highest BCUT2D eigenvalue weighted by molar-refractivity contribution is 6.35. The van der Waals surface area contributed by atoms with Crippen LogP contribution in [0.25, 0.3) is 0 Å². The van der Waals surface area contributed by atoms with Gasteiger partial charge in [-0.2, -0.15) is 0 Å². The number of hydrogen-bond acceptors (Lipinski definition) is 2. The van der Waals surface area contributed by atoms with E-state index in [1.807, 2.05) is 6.92 Å². The van der Waals surface area contributed by atoms with Crippen molar-refractivity contribution in [2.24, 2.45) is 11.7 Å². The minimum absolute atomic E-state index is 0.0641. The van der Waals surface area contributed by atoms with Gasteiger partial charge in [0, 0.05) is 34.5 Å². The zero-order valence-corrected chi connectivity index (χ0v) is 13.9. The molecule has 0 bridgehead atoms. The minimum atomic E-state index is -0.246. The molecule has 2 amide bonds. The number of benzene rings is 1. The number of primary amides is 1. The van der Waals surface area contributed by atoms with Crippen molar-refractivity contribution in [1.29, 1.82) is 0 Å². The molecule has 1 heterocycles. The standard InChI is InChI=1S/C15H19Cl2N3O2/c1-9(20-4-2-10(3-5-20)14(18)21)15(22)19-13-7-11(16)6-12(17)8-13/h6-10H,2-5H2,1H3,(H2,18,21)(H,19,22)/p+1/t9-/m0/s1. The number of halogens is 2. The first-order chi connectivity index (χ1) is 10.4. The number of nitrogens with two attached hydrogens (primary N) is 1. The molecule has 2 rings (SSSR count). The van der Waals surface area contributed by atoms with Gasteiger partial charge in [0.05, 0.1) is 13.1 Å². The molecule has 120 valence electrons.